The minimum Gasteiger partial charge on any atom is -0.267 e. The quantitative estimate of drug-likeness (QED) is 0.259. The highest BCUT2D eigenvalue weighted by Crippen LogP contribution is 2.16. The summed E-state index contributed by atoms with van der Waals surface area (Å²) >= 11 is 0. The third-order valence-corrected chi connectivity index (χ3v) is 6.41. The zero-order valence-electron chi connectivity index (χ0n) is 20.5. The first-order valence-corrected chi connectivity index (χ1v) is 12.4. The first kappa shape index (κ1) is 23.0. The van der Waals surface area contributed by atoms with Gasteiger partial charge in [0.15, 0.2) is 0 Å². The number of hydrogen-bond acceptors (Lipinski definition) is 6. The van der Waals surface area contributed by atoms with Gasteiger partial charge in [-0.05, 0) is 35.4 Å². The third kappa shape index (κ3) is 5.40. The number of hydrogen-bond donors (Lipinski definition) is 0. The topological polar surface area (TPSA) is 67.9 Å². The molecule has 37 heavy (non-hydrogen) atoms. The predicted molar refractivity (Wildman–Crippen MR) is 144 cm³/mol. The molecular formula is C29H28N8. The van der Waals surface area contributed by atoms with Gasteiger partial charge in [-0.3, -0.25) is 9.80 Å². The molecule has 0 aliphatic rings. The maximum absolute atomic E-state index is 4.46. The molecule has 6 aromatic rings. The molecule has 6 rings (SSSR count). The molecule has 0 aliphatic carbocycles. The van der Waals surface area contributed by atoms with Crippen LogP contribution >= 0.6 is 0 Å². The summed E-state index contributed by atoms with van der Waals surface area (Å²) in [5.74, 6) is 0. The van der Waals surface area contributed by atoms with Crippen LogP contribution in [-0.2, 0) is 26.4 Å². The third-order valence-electron chi connectivity index (χ3n) is 6.41. The maximum atomic E-state index is 4.46. The molecule has 0 spiro atoms. The van der Waals surface area contributed by atoms with Gasteiger partial charge in [0.25, 0.3) is 0 Å². The molecular weight excluding hydrogens is 460 g/mol. The number of fused-ring (bicyclic) bond motifs is 2. The van der Waals surface area contributed by atoms with Gasteiger partial charge in [0.2, 0.25) is 0 Å². The van der Waals surface area contributed by atoms with Crippen LogP contribution in [0.5, 0.6) is 0 Å². The molecule has 8 heteroatoms. The monoisotopic (exact) mass is 488 g/mol. The van der Waals surface area contributed by atoms with Crippen LogP contribution in [0.25, 0.3) is 22.1 Å². The van der Waals surface area contributed by atoms with Crippen LogP contribution in [0.1, 0.15) is 11.1 Å². The highest BCUT2D eigenvalue weighted by molar-refractivity contribution is 5.74. The van der Waals surface area contributed by atoms with Crippen molar-refractivity contribution in [2.24, 2.45) is 0 Å². The summed E-state index contributed by atoms with van der Waals surface area (Å²) in [7, 11) is 0. The van der Waals surface area contributed by atoms with Crippen molar-refractivity contribution in [1.29, 1.82) is 0 Å². The Labute approximate surface area is 215 Å². The van der Waals surface area contributed by atoms with Gasteiger partial charge in [0.05, 0.1) is 31.0 Å². The van der Waals surface area contributed by atoms with Gasteiger partial charge in [-0.2, -0.15) is 0 Å². The second-order valence-electron chi connectivity index (χ2n) is 9.21. The molecule has 4 aromatic carbocycles. The lowest BCUT2D eigenvalue weighted by atomic mass is 10.2. The van der Waals surface area contributed by atoms with E-state index in [9.17, 15) is 0 Å². The van der Waals surface area contributed by atoms with E-state index in [0.29, 0.717) is 20.0 Å². The highest BCUT2D eigenvalue weighted by Gasteiger charge is 2.17. The van der Waals surface area contributed by atoms with E-state index in [4.69, 9.17) is 0 Å². The lowest BCUT2D eigenvalue weighted by Gasteiger charge is -2.30. The Morgan fingerprint density at radius 2 is 0.892 bits per heavy atom. The van der Waals surface area contributed by atoms with Crippen molar-refractivity contribution >= 4 is 22.1 Å². The zero-order valence-corrected chi connectivity index (χ0v) is 20.5. The predicted octanol–water partition coefficient (Wildman–Crippen LogP) is 4.75. The van der Waals surface area contributed by atoms with Gasteiger partial charge in [0, 0.05) is 13.1 Å². The van der Waals surface area contributed by atoms with Gasteiger partial charge < -0.3 is 0 Å². The average Bonchev–Trinajstić information content (AvgIpc) is 3.54. The van der Waals surface area contributed by atoms with Crippen molar-refractivity contribution < 1.29 is 0 Å². The molecule has 0 unspecified atom stereocenters. The van der Waals surface area contributed by atoms with Crippen molar-refractivity contribution in [3.63, 3.8) is 0 Å². The van der Waals surface area contributed by atoms with Crippen LogP contribution < -0.4 is 0 Å². The van der Waals surface area contributed by atoms with Crippen molar-refractivity contribution in [2.45, 2.75) is 26.4 Å². The minimum atomic E-state index is 0.610. The number of nitrogens with zero attached hydrogens (tertiary/aromatic N) is 8. The first-order chi connectivity index (χ1) is 18.3. The second-order valence-corrected chi connectivity index (χ2v) is 9.21. The van der Waals surface area contributed by atoms with Gasteiger partial charge in [-0.15, -0.1) is 10.2 Å². The summed E-state index contributed by atoms with van der Waals surface area (Å²) in [5, 5.41) is 17.7. The summed E-state index contributed by atoms with van der Waals surface area (Å²) in [6, 6.07) is 37.3. The lowest BCUT2D eigenvalue weighted by Crippen LogP contribution is -2.39. The standard InChI is InChI=1S/C29H28N8/c1-3-11-24(12-4-1)19-34(22-36-28-17-9-7-15-26(28)30-32-36)21-35(20-25-13-5-2-6-14-25)23-37-29-18-10-8-16-27(29)31-33-37/h1-18H,19-23H2. The Kier molecular flexibility index (Phi) is 6.66. The molecule has 8 nitrogen and oxygen atoms in total. The van der Waals surface area contributed by atoms with E-state index in [2.05, 4.69) is 103 Å². The number of rotatable bonds is 10. The molecule has 0 saturated heterocycles. The molecule has 2 heterocycles. The summed E-state index contributed by atoms with van der Waals surface area (Å²) in [4.78, 5) is 4.77. The summed E-state index contributed by atoms with van der Waals surface area (Å²) in [5.41, 5.74) is 6.35. The normalized spacial score (nSPS) is 11.7. The number of para-hydroxylation sites is 2. The molecule has 0 saturated carbocycles. The highest BCUT2D eigenvalue weighted by atomic mass is 15.5. The SMILES string of the molecule is c1ccc(CN(CN(Cc2ccccc2)Cn2nnc3ccccc32)Cn2nnc3ccccc32)cc1. The Balaban J connectivity index is 1.31. The van der Waals surface area contributed by atoms with Crippen LogP contribution in [0.3, 0.4) is 0 Å². The average molecular weight is 489 g/mol. The largest absolute Gasteiger partial charge is 0.267 e. The lowest BCUT2D eigenvalue weighted by molar-refractivity contribution is 0.0643. The fraction of sp³-hybridized carbons (Fsp3) is 0.172. The van der Waals surface area contributed by atoms with E-state index in [1.165, 1.54) is 11.1 Å². The number of aromatic nitrogens is 6. The zero-order chi connectivity index (χ0) is 24.9. The Morgan fingerprint density at radius 1 is 0.486 bits per heavy atom. The second kappa shape index (κ2) is 10.7. The van der Waals surface area contributed by atoms with Crippen molar-refractivity contribution in [3.05, 3.63) is 120 Å². The Hall–Kier alpha value is -4.40. The van der Waals surface area contributed by atoms with Crippen molar-refractivity contribution in [2.75, 3.05) is 6.67 Å². The van der Waals surface area contributed by atoms with Gasteiger partial charge in [0.1, 0.15) is 11.0 Å². The summed E-state index contributed by atoms with van der Waals surface area (Å²) in [6.45, 7) is 3.47. The molecule has 0 atom stereocenters. The molecule has 0 amide bonds. The molecule has 2 aromatic heterocycles. The summed E-state index contributed by atoms with van der Waals surface area (Å²) in [6.07, 6.45) is 0. The van der Waals surface area contributed by atoms with E-state index in [1.54, 1.807) is 0 Å². The molecule has 0 N–H and O–H groups in total. The molecule has 184 valence electrons. The van der Waals surface area contributed by atoms with Crippen LogP contribution in [0.15, 0.2) is 109 Å². The first-order valence-electron chi connectivity index (χ1n) is 12.4. The molecule has 0 bridgehead atoms. The Bertz CT molecular complexity index is 1460. The van der Waals surface area contributed by atoms with Crippen LogP contribution in [-0.4, -0.2) is 46.5 Å². The van der Waals surface area contributed by atoms with Crippen molar-refractivity contribution in [3.8, 4) is 0 Å². The molecule has 0 radical (unpaired) electrons. The van der Waals surface area contributed by atoms with E-state index < -0.39 is 0 Å². The fourth-order valence-electron chi connectivity index (χ4n) is 4.68. The smallest absolute Gasteiger partial charge is 0.113 e. The Morgan fingerprint density at radius 3 is 1.35 bits per heavy atom. The van der Waals surface area contributed by atoms with Gasteiger partial charge >= 0.3 is 0 Å². The van der Waals surface area contributed by atoms with Crippen molar-refractivity contribution in [1.82, 2.24) is 39.8 Å². The van der Waals surface area contributed by atoms with E-state index >= 15 is 0 Å². The molecule has 0 fully saturated rings. The van der Waals surface area contributed by atoms with Crippen LogP contribution in [0.4, 0.5) is 0 Å². The minimum absolute atomic E-state index is 0.610. The molecule has 0 aliphatic heterocycles. The van der Waals surface area contributed by atoms with Crippen LogP contribution in [0, 0.1) is 0 Å². The number of benzene rings is 4. The van der Waals surface area contributed by atoms with Gasteiger partial charge in [-0.25, -0.2) is 9.36 Å². The van der Waals surface area contributed by atoms with Gasteiger partial charge in [-0.1, -0.05) is 95.4 Å². The summed E-state index contributed by atoms with van der Waals surface area (Å²) < 4.78 is 3.95. The van der Waals surface area contributed by atoms with E-state index in [-0.39, 0.29) is 0 Å². The van der Waals surface area contributed by atoms with Crippen LogP contribution in [0.2, 0.25) is 0 Å². The maximum Gasteiger partial charge on any atom is 0.113 e. The van der Waals surface area contributed by atoms with E-state index in [0.717, 1.165) is 35.2 Å². The fourth-order valence-corrected chi connectivity index (χ4v) is 4.68. The van der Waals surface area contributed by atoms with E-state index in [1.807, 2.05) is 45.8 Å².